The normalized spacial score (nSPS) is 10.5. The minimum atomic E-state index is -4.78. The molecule has 1 heterocycles. The summed E-state index contributed by atoms with van der Waals surface area (Å²) in [6, 6.07) is 12.7. The molecule has 0 aliphatic heterocycles. The van der Waals surface area contributed by atoms with Crippen LogP contribution < -0.4 is 11.5 Å². The van der Waals surface area contributed by atoms with E-state index in [4.69, 9.17) is 23.2 Å². The van der Waals surface area contributed by atoms with Crippen LogP contribution in [0.1, 0.15) is 0 Å². The van der Waals surface area contributed by atoms with Crippen molar-refractivity contribution in [3.05, 3.63) is 42.5 Å². The predicted octanol–water partition coefficient (Wildman–Crippen LogP) is 2.98. The molecule has 0 atom stereocenters. The maximum atomic E-state index is 9.03. The number of benzene rings is 1. The van der Waals surface area contributed by atoms with Gasteiger partial charge in [0, 0.05) is 0 Å². The van der Waals surface area contributed by atoms with Crippen molar-refractivity contribution >= 4 is 45.5 Å². The second-order valence-corrected chi connectivity index (χ2v) is 6.48. The quantitative estimate of drug-likeness (QED) is 0.677. The Morgan fingerprint density at radius 3 is 2.09 bits per heavy atom. The van der Waals surface area contributed by atoms with Crippen LogP contribution in [0.5, 0.6) is 0 Å². The van der Waals surface area contributed by atoms with Crippen molar-refractivity contribution in [3.63, 3.8) is 0 Å². The van der Waals surface area contributed by atoms with E-state index in [1.807, 2.05) is 30.3 Å². The van der Waals surface area contributed by atoms with E-state index in [1.165, 1.54) is 0 Å². The van der Waals surface area contributed by atoms with Crippen molar-refractivity contribution in [2.75, 3.05) is 11.5 Å². The van der Waals surface area contributed by atoms with Gasteiger partial charge in [-0.15, -0.1) is 17.5 Å². The monoisotopic (exact) mass is 385 g/mol. The van der Waals surface area contributed by atoms with Crippen molar-refractivity contribution in [1.82, 2.24) is 4.98 Å². The van der Waals surface area contributed by atoms with Crippen LogP contribution in [0, 0.1) is 0 Å². The zero-order chi connectivity index (χ0) is 15.9. The third-order valence-electron chi connectivity index (χ3n) is 1.95. The van der Waals surface area contributed by atoms with Crippen LogP contribution in [0.15, 0.2) is 52.7 Å². The molecule has 0 amide bonds. The first-order chi connectivity index (χ1) is 9.75. The molecule has 0 bridgehead atoms. The Morgan fingerprint density at radius 1 is 1.05 bits per heavy atom. The number of anilines is 2. The third kappa shape index (κ3) is 9.23. The van der Waals surface area contributed by atoms with Crippen LogP contribution in [0.2, 0.25) is 0 Å². The molecule has 0 saturated heterocycles. The van der Waals surface area contributed by atoms with Gasteiger partial charge in [-0.1, -0.05) is 18.2 Å². The molecule has 8 nitrogen and oxygen atoms in total. The van der Waals surface area contributed by atoms with Gasteiger partial charge in [-0.3, -0.25) is 0 Å². The second kappa shape index (κ2) is 9.30. The SMILES string of the molecule is Cl.Nc1ccc(/N=N/c2ccccc2)c(N)n1.[O]=[Cr](=[O])([OH])[Cl]. The Kier molecular flexibility index (Phi) is 8.56. The van der Waals surface area contributed by atoms with Crippen LogP contribution >= 0.6 is 22.5 Å². The van der Waals surface area contributed by atoms with E-state index in [1.54, 1.807) is 12.1 Å². The first kappa shape index (κ1) is 20.2. The summed E-state index contributed by atoms with van der Waals surface area (Å²) in [5.41, 5.74) is 12.4. The molecule has 120 valence electrons. The number of pyridine rings is 1. The molecule has 0 unspecified atom stereocenters. The van der Waals surface area contributed by atoms with E-state index >= 15 is 0 Å². The first-order valence-corrected chi connectivity index (χ1v) is 8.78. The molecule has 2 aromatic rings. The molecule has 0 fully saturated rings. The first-order valence-electron chi connectivity index (χ1n) is 5.41. The molecule has 0 aliphatic rings. The van der Waals surface area contributed by atoms with E-state index in [9.17, 15) is 0 Å². The van der Waals surface area contributed by atoms with Crippen molar-refractivity contribution in [2.24, 2.45) is 10.2 Å². The van der Waals surface area contributed by atoms with Gasteiger partial charge in [-0.25, -0.2) is 4.98 Å². The fourth-order valence-electron chi connectivity index (χ4n) is 1.17. The molecule has 0 aliphatic carbocycles. The Morgan fingerprint density at radius 2 is 1.59 bits per heavy atom. The number of halogens is 2. The summed E-state index contributed by atoms with van der Waals surface area (Å²) >= 11 is -4.78. The van der Waals surface area contributed by atoms with Crippen molar-refractivity contribution in [2.45, 2.75) is 0 Å². The van der Waals surface area contributed by atoms with Gasteiger partial charge in [-0.2, -0.15) is 5.11 Å². The molecule has 2 rings (SSSR count). The molecule has 5 N–H and O–H groups in total. The van der Waals surface area contributed by atoms with Crippen molar-refractivity contribution < 1.29 is 24.1 Å². The van der Waals surface area contributed by atoms with Gasteiger partial charge in [-0.05, 0) is 24.3 Å². The molecule has 0 spiro atoms. The molecular formula is C11H13Cl2CrN5O3. The third-order valence-corrected chi connectivity index (χ3v) is 1.95. The number of nitrogen functional groups attached to an aromatic ring is 2. The van der Waals surface area contributed by atoms with Crippen LogP contribution in [0.4, 0.5) is 23.0 Å². The van der Waals surface area contributed by atoms with Gasteiger partial charge in [0.1, 0.15) is 11.5 Å². The van der Waals surface area contributed by atoms with Crippen molar-refractivity contribution in [1.29, 1.82) is 0 Å². The number of hydrogen-bond donors (Lipinski definition) is 3. The Balaban J connectivity index is 0.000000644. The van der Waals surface area contributed by atoms with Gasteiger partial charge in [0.2, 0.25) is 0 Å². The molecule has 22 heavy (non-hydrogen) atoms. The van der Waals surface area contributed by atoms with Crippen LogP contribution in [0.3, 0.4) is 0 Å². The number of nitrogens with zero attached hydrogens (tertiary/aromatic N) is 3. The van der Waals surface area contributed by atoms with Crippen molar-refractivity contribution in [3.8, 4) is 0 Å². The molecule has 0 radical (unpaired) electrons. The molecule has 0 saturated carbocycles. The second-order valence-electron chi connectivity index (χ2n) is 3.59. The number of hydrogen-bond acceptors (Lipinski definition) is 7. The molecular weight excluding hydrogens is 373 g/mol. The number of azo groups is 1. The average molecular weight is 386 g/mol. The van der Waals surface area contributed by atoms with Gasteiger partial charge < -0.3 is 11.5 Å². The summed E-state index contributed by atoms with van der Waals surface area (Å²) in [4.78, 5) is 3.89. The molecule has 1 aromatic carbocycles. The number of aromatic nitrogens is 1. The van der Waals surface area contributed by atoms with E-state index in [-0.39, 0.29) is 18.2 Å². The minimum absolute atomic E-state index is 0. The summed E-state index contributed by atoms with van der Waals surface area (Å²) in [5.74, 6) is 0.649. The maximum absolute atomic E-state index is 9.03. The zero-order valence-corrected chi connectivity index (χ0v) is 13.8. The standard InChI is InChI=1S/C11H11N5.2ClH.Cr.H2O.2O/c12-10-7-6-9(11(13)14-10)16-15-8-4-2-1-3-5-8;;;;;;/h1-7H,(H4,12,13,14);2*1H;;1H2;;/q;;;+2;;;/p-2/b16-15+;;;;;;. The Bertz CT molecular complexity index is 718. The van der Waals surface area contributed by atoms with E-state index in [2.05, 4.69) is 25.3 Å². The van der Waals surface area contributed by atoms with Gasteiger partial charge in [0.05, 0.1) is 5.69 Å². The topological polar surface area (TPSA) is 144 Å². The fourth-order valence-corrected chi connectivity index (χ4v) is 1.17. The van der Waals surface area contributed by atoms with Gasteiger partial charge >= 0.3 is 34.2 Å². The van der Waals surface area contributed by atoms with Gasteiger partial charge in [0.25, 0.3) is 0 Å². The predicted molar refractivity (Wildman–Crippen MR) is 80.4 cm³/mol. The summed E-state index contributed by atoms with van der Waals surface area (Å²) in [7, 11) is 4.13. The molecule has 1 aromatic heterocycles. The van der Waals surface area contributed by atoms with Crippen LogP contribution in [0.25, 0.3) is 0 Å². The average Bonchev–Trinajstić information content (AvgIpc) is 2.37. The van der Waals surface area contributed by atoms with Crippen LogP contribution in [-0.4, -0.2) is 9.14 Å². The van der Waals surface area contributed by atoms with E-state index in [0.29, 0.717) is 11.5 Å². The molecule has 11 heteroatoms. The summed E-state index contributed by atoms with van der Waals surface area (Å²) < 4.78 is 25.4. The van der Waals surface area contributed by atoms with Crippen LogP contribution in [-0.2, 0) is 20.0 Å². The summed E-state index contributed by atoms with van der Waals surface area (Å²) in [6.45, 7) is 0. The van der Waals surface area contributed by atoms with Gasteiger partial charge in [0.15, 0.2) is 5.82 Å². The fraction of sp³-hybridized carbons (Fsp3) is 0. The number of nitrogens with two attached hydrogens (primary N) is 2. The number of rotatable bonds is 2. The Hall–Kier alpha value is -1.76. The van der Waals surface area contributed by atoms with E-state index < -0.39 is 12.4 Å². The zero-order valence-electron chi connectivity index (χ0n) is 11.0. The Labute approximate surface area is 138 Å². The summed E-state index contributed by atoms with van der Waals surface area (Å²) in [6.07, 6.45) is 0. The summed E-state index contributed by atoms with van der Waals surface area (Å²) in [5, 5.41) is 8.03. The van der Waals surface area contributed by atoms with E-state index in [0.717, 1.165) is 5.69 Å².